The highest BCUT2D eigenvalue weighted by atomic mass is 16.6. The molecule has 8 nitrogen and oxygen atoms in total. The maximum Gasteiger partial charge on any atom is 0.272 e. The predicted octanol–water partition coefficient (Wildman–Crippen LogP) is 3.18. The number of nitrogens with zero attached hydrogens (tertiary/aromatic N) is 3. The van der Waals surface area contributed by atoms with Crippen molar-refractivity contribution < 1.29 is 9.72 Å². The van der Waals surface area contributed by atoms with Gasteiger partial charge in [-0.25, -0.2) is 4.98 Å². The Morgan fingerprint density at radius 2 is 2.00 bits per heavy atom. The normalized spacial score (nSPS) is 10.5. The lowest BCUT2D eigenvalue weighted by Crippen LogP contribution is -2.15. The summed E-state index contributed by atoms with van der Waals surface area (Å²) in [7, 11) is 0. The lowest BCUT2D eigenvalue weighted by molar-refractivity contribution is -0.385. The third-order valence-electron chi connectivity index (χ3n) is 3.97. The molecular weight excluding hydrogens is 334 g/mol. The van der Waals surface area contributed by atoms with Gasteiger partial charge in [0.1, 0.15) is 5.82 Å². The third-order valence-corrected chi connectivity index (χ3v) is 3.97. The van der Waals surface area contributed by atoms with Crippen molar-refractivity contribution in [2.75, 3.05) is 5.32 Å². The number of carbonyl (C=O) groups is 1. The molecule has 2 aromatic carbocycles. The molecule has 3 rings (SSSR count). The minimum atomic E-state index is -0.445. The molecule has 1 heterocycles. The molecule has 8 heteroatoms. The largest absolute Gasteiger partial charge is 0.326 e. The van der Waals surface area contributed by atoms with E-state index in [2.05, 4.69) is 20.5 Å². The first-order valence-corrected chi connectivity index (χ1v) is 7.96. The average molecular weight is 351 g/mol. The van der Waals surface area contributed by atoms with Crippen LogP contribution in [0, 0.1) is 24.0 Å². The van der Waals surface area contributed by atoms with Gasteiger partial charge in [-0.1, -0.05) is 24.3 Å². The summed E-state index contributed by atoms with van der Waals surface area (Å²) in [5.41, 5.74) is 2.52. The fourth-order valence-corrected chi connectivity index (χ4v) is 2.65. The van der Waals surface area contributed by atoms with E-state index in [1.165, 1.54) is 6.07 Å². The fraction of sp³-hybridized carbons (Fsp3) is 0.167. The lowest BCUT2D eigenvalue weighted by Gasteiger charge is -2.08. The zero-order chi connectivity index (χ0) is 18.7. The molecule has 0 spiro atoms. The molecule has 0 atom stereocenters. The molecule has 0 aliphatic heterocycles. The fourth-order valence-electron chi connectivity index (χ4n) is 2.65. The Hall–Kier alpha value is -3.55. The van der Waals surface area contributed by atoms with Gasteiger partial charge in [-0.05, 0) is 31.5 Å². The summed E-state index contributed by atoms with van der Waals surface area (Å²) in [5, 5.41) is 20.7. The summed E-state index contributed by atoms with van der Waals surface area (Å²) in [6.45, 7) is 3.45. The van der Waals surface area contributed by atoms with Crippen LogP contribution in [0.25, 0.3) is 11.4 Å². The monoisotopic (exact) mass is 351 g/mol. The highest BCUT2D eigenvalue weighted by Crippen LogP contribution is 2.23. The molecule has 0 saturated carbocycles. The maximum absolute atomic E-state index is 12.3. The van der Waals surface area contributed by atoms with Crippen molar-refractivity contribution in [2.24, 2.45) is 0 Å². The van der Waals surface area contributed by atoms with Crippen molar-refractivity contribution >= 4 is 17.3 Å². The molecule has 0 unspecified atom stereocenters. The number of aryl methyl sites for hydroxylation is 1. The van der Waals surface area contributed by atoms with E-state index in [0.717, 1.165) is 5.56 Å². The Bertz CT molecular complexity index is 980. The van der Waals surface area contributed by atoms with Gasteiger partial charge in [0.2, 0.25) is 5.91 Å². The first-order valence-electron chi connectivity index (χ1n) is 7.96. The lowest BCUT2D eigenvalue weighted by atomic mass is 10.0. The molecule has 26 heavy (non-hydrogen) atoms. The van der Waals surface area contributed by atoms with Gasteiger partial charge in [0.05, 0.1) is 11.3 Å². The highest BCUT2D eigenvalue weighted by Gasteiger charge is 2.15. The molecule has 132 valence electrons. The Morgan fingerprint density at radius 1 is 1.23 bits per heavy atom. The van der Waals surface area contributed by atoms with Crippen molar-refractivity contribution in [3.05, 3.63) is 69.5 Å². The number of H-pyrrole nitrogens is 1. The molecular formula is C18H17N5O3. The molecule has 1 aromatic heterocycles. The van der Waals surface area contributed by atoms with Crippen molar-refractivity contribution in [3.8, 4) is 11.4 Å². The summed E-state index contributed by atoms with van der Waals surface area (Å²) in [5.74, 6) is 1.00. The van der Waals surface area contributed by atoms with Crippen molar-refractivity contribution in [2.45, 2.75) is 20.3 Å². The first-order chi connectivity index (χ1) is 12.4. The van der Waals surface area contributed by atoms with Gasteiger partial charge in [0.15, 0.2) is 5.82 Å². The van der Waals surface area contributed by atoms with Crippen molar-refractivity contribution in [1.82, 2.24) is 15.2 Å². The van der Waals surface area contributed by atoms with Crippen LogP contribution < -0.4 is 5.32 Å². The van der Waals surface area contributed by atoms with Gasteiger partial charge in [0, 0.05) is 22.9 Å². The van der Waals surface area contributed by atoms with E-state index >= 15 is 0 Å². The zero-order valence-corrected chi connectivity index (χ0v) is 14.3. The van der Waals surface area contributed by atoms with E-state index < -0.39 is 4.92 Å². The zero-order valence-electron chi connectivity index (χ0n) is 14.3. The minimum absolute atomic E-state index is 0.0114. The molecule has 1 amide bonds. The quantitative estimate of drug-likeness (QED) is 0.541. The number of carbonyl (C=O) groups excluding carboxylic acids is 1. The Balaban J connectivity index is 1.75. The SMILES string of the molecule is Cc1nc(-c2cccc(NC(=O)Cc3cccc([N+](=O)[O-])c3C)c2)n[nH]1. The number of aromatic amines is 1. The van der Waals surface area contributed by atoms with Gasteiger partial charge in [-0.15, -0.1) is 0 Å². The van der Waals surface area contributed by atoms with Crippen LogP contribution >= 0.6 is 0 Å². The van der Waals surface area contributed by atoms with Crippen LogP contribution in [0.5, 0.6) is 0 Å². The number of rotatable bonds is 5. The second-order valence-corrected chi connectivity index (χ2v) is 5.87. The summed E-state index contributed by atoms with van der Waals surface area (Å²) in [6.07, 6.45) is 0.0531. The van der Waals surface area contributed by atoms with E-state index in [-0.39, 0.29) is 18.0 Å². The molecule has 0 aliphatic carbocycles. The van der Waals surface area contributed by atoms with Crippen LogP contribution in [-0.4, -0.2) is 26.0 Å². The van der Waals surface area contributed by atoms with E-state index in [0.29, 0.717) is 28.5 Å². The van der Waals surface area contributed by atoms with E-state index in [4.69, 9.17) is 0 Å². The first kappa shape index (κ1) is 17.3. The average Bonchev–Trinajstić information content (AvgIpc) is 3.03. The number of aromatic nitrogens is 3. The number of benzene rings is 2. The Morgan fingerprint density at radius 3 is 2.69 bits per heavy atom. The molecule has 0 saturated heterocycles. The van der Waals surface area contributed by atoms with Crippen molar-refractivity contribution in [1.29, 1.82) is 0 Å². The number of nitro benzene ring substituents is 1. The maximum atomic E-state index is 12.3. The van der Waals surface area contributed by atoms with Crippen LogP contribution in [0.2, 0.25) is 0 Å². The molecule has 0 radical (unpaired) electrons. The van der Waals surface area contributed by atoms with Crippen LogP contribution in [0.3, 0.4) is 0 Å². The number of anilines is 1. The Kier molecular flexibility index (Phi) is 4.74. The van der Waals surface area contributed by atoms with Crippen LogP contribution in [0.4, 0.5) is 11.4 Å². The molecule has 3 aromatic rings. The smallest absolute Gasteiger partial charge is 0.272 e. The summed E-state index contributed by atoms with van der Waals surface area (Å²) in [4.78, 5) is 27.2. The second-order valence-electron chi connectivity index (χ2n) is 5.87. The predicted molar refractivity (Wildman–Crippen MR) is 96.7 cm³/mol. The summed E-state index contributed by atoms with van der Waals surface area (Å²) < 4.78 is 0. The number of nitrogens with one attached hydrogen (secondary N) is 2. The van der Waals surface area contributed by atoms with E-state index in [1.54, 1.807) is 37.3 Å². The van der Waals surface area contributed by atoms with Crippen molar-refractivity contribution in [3.63, 3.8) is 0 Å². The highest BCUT2D eigenvalue weighted by molar-refractivity contribution is 5.93. The number of hydrogen-bond donors (Lipinski definition) is 2. The third kappa shape index (κ3) is 3.75. The van der Waals surface area contributed by atoms with Gasteiger partial charge < -0.3 is 5.32 Å². The minimum Gasteiger partial charge on any atom is -0.326 e. The topological polar surface area (TPSA) is 114 Å². The molecule has 2 N–H and O–H groups in total. The number of hydrogen-bond acceptors (Lipinski definition) is 5. The van der Waals surface area contributed by atoms with Crippen LogP contribution in [0.15, 0.2) is 42.5 Å². The van der Waals surface area contributed by atoms with Gasteiger partial charge in [0.25, 0.3) is 5.69 Å². The Labute approximate surface area is 149 Å². The summed E-state index contributed by atoms with van der Waals surface area (Å²) >= 11 is 0. The number of nitro groups is 1. The van der Waals surface area contributed by atoms with Gasteiger partial charge in [-0.3, -0.25) is 20.0 Å². The molecule has 0 fully saturated rings. The standard InChI is InChI=1S/C18H17N5O3/c1-11-13(5-4-8-16(11)23(25)26)10-17(24)20-15-7-3-6-14(9-15)18-19-12(2)21-22-18/h3-9H,10H2,1-2H3,(H,20,24)(H,19,21,22). The van der Waals surface area contributed by atoms with E-state index in [9.17, 15) is 14.9 Å². The van der Waals surface area contributed by atoms with Gasteiger partial charge in [-0.2, -0.15) is 5.10 Å². The molecule has 0 aliphatic rings. The van der Waals surface area contributed by atoms with Gasteiger partial charge >= 0.3 is 0 Å². The molecule has 0 bridgehead atoms. The van der Waals surface area contributed by atoms with E-state index in [1.807, 2.05) is 13.0 Å². The van der Waals surface area contributed by atoms with Crippen LogP contribution in [-0.2, 0) is 11.2 Å². The number of amides is 1. The summed E-state index contributed by atoms with van der Waals surface area (Å²) in [6, 6.07) is 11.9. The van der Waals surface area contributed by atoms with Crippen LogP contribution in [0.1, 0.15) is 17.0 Å². The second kappa shape index (κ2) is 7.14.